The van der Waals surface area contributed by atoms with Gasteiger partial charge >= 0.3 is 0 Å². The molecule has 0 saturated carbocycles. The van der Waals surface area contributed by atoms with E-state index in [4.69, 9.17) is 0 Å². The third-order valence-electron chi connectivity index (χ3n) is 2.96. The number of aryl methyl sites for hydroxylation is 1. The van der Waals surface area contributed by atoms with E-state index in [2.05, 4.69) is 20.5 Å². The number of amides is 1. The van der Waals surface area contributed by atoms with Gasteiger partial charge in [-0.3, -0.25) is 14.9 Å². The molecule has 0 bridgehead atoms. The molecule has 0 aliphatic rings. The quantitative estimate of drug-likeness (QED) is 0.871. The van der Waals surface area contributed by atoms with E-state index in [1.54, 1.807) is 30.5 Å². The minimum absolute atomic E-state index is 0.0605. The maximum Gasteiger partial charge on any atom is 0.257 e. The second-order valence-corrected chi connectivity index (χ2v) is 4.67. The van der Waals surface area contributed by atoms with Gasteiger partial charge in [-0.15, -0.1) is 0 Å². The highest BCUT2D eigenvalue weighted by atomic mass is 16.2. The van der Waals surface area contributed by atoms with Crippen LogP contribution in [-0.4, -0.2) is 39.6 Å². The number of carbonyl (C=O) groups excluding carboxylic acids is 1. The van der Waals surface area contributed by atoms with Crippen LogP contribution < -0.4 is 5.32 Å². The number of H-pyrrole nitrogens is 1. The summed E-state index contributed by atoms with van der Waals surface area (Å²) < 4.78 is 0. The second kappa shape index (κ2) is 6.18. The van der Waals surface area contributed by atoms with Crippen molar-refractivity contribution in [2.75, 3.05) is 18.9 Å². The van der Waals surface area contributed by atoms with Crippen molar-refractivity contribution in [3.05, 3.63) is 41.5 Å². The zero-order chi connectivity index (χ0) is 14.5. The van der Waals surface area contributed by atoms with E-state index >= 15 is 0 Å². The van der Waals surface area contributed by atoms with Gasteiger partial charge in [-0.2, -0.15) is 5.10 Å². The minimum atomic E-state index is -0.0605. The van der Waals surface area contributed by atoms with Gasteiger partial charge in [-0.05, 0) is 19.9 Å². The van der Waals surface area contributed by atoms with Crippen LogP contribution in [0.3, 0.4) is 0 Å². The van der Waals surface area contributed by atoms with Crippen molar-refractivity contribution in [3.63, 3.8) is 0 Å². The lowest BCUT2D eigenvalue weighted by molar-refractivity contribution is 0.0785. The Bertz CT molecular complexity index is 579. The Morgan fingerprint density at radius 3 is 2.90 bits per heavy atom. The summed E-state index contributed by atoms with van der Waals surface area (Å²) in [7, 11) is 1.77. The van der Waals surface area contributed by atoms with Crippen LogP contribution in [0, 0.1) is 6.92 Å². The molecule has 0 atom stereocenters. The number of rotatable bonds is 5. The molecule has 106 valence electrons. The van der Waals surface area contributed by atoms with Gasteiger partial charge < -0.3 is 10.2 Å². The topological polar surface area (TPSA) is 73.9 Å². The highest BCUT2D eigenvalue weighted by Gasteiger charge is 2.17. The van der Waals surface area contributed by atoms with Crippen LogP contribution >= 0.6 is 0 Å². The van der Waals surface area contributed by atoms with Gasteiger partial charge in [0.05, 0.1) is 17.4 Å². The SMILES string of the molecule is CCNc1cc(C)ncc1C(=O)N(C)Cc1cn[nH]c1. The first-order valence-corrected chi connectivity index (χ1v) is 6.55. The molecule has 2 N–H and O–H groups in total. The lowest BCUT2D eigenvalue weighted by Crippen LogP contribution is -2.27. The van der Waals surface area contributed by atoms with Crippen molar-refractivity contribution >= 4 is 11.6 Å². The van der Waals surface area contributed by atoms with Crippen molar-refractivity contribution in [1.29, 1.82) is 0 Å². The summed E-state index contributed by atoms with van der Waals surface area (Å²) in [5.41, 5.74) is 3.26. The Morgan fingerprint density at radius 1 is 1.45 bits per heavy atom. The van der Waals surface area contributed by atoms with Gasteiger partial charge in [0.15, 0.2) is 0 Å². The Labute approximate surface area is 118 Å². The minimum Gasteiger partial charge on any atom is -0.385 e. The number of pyridine rings is 1. The van der Waals surface area contributed by atoms with Crippen LogP contribution in [0.5, 0.6) is 0 Å². The van der Waals surface area contributed by atoms with Gasteiger partial charge in [-0.1, -0.05) is 0 Å². The van der Waals surface area contributed by atoms with E-state index in [0.29, 0.717) is 12.1 Å². The number of anilines is 1. The molecule has 1 amide bonds. The highest BCUT2D eigenvalue weighted by Crippen LogP contribution is 2.18. The first-order chi connectivity index (χ1) is 9.61. The molecule has 2 rings (SSSR count). The number of hydrogen-bond donors (Lipinski definition) is 2. The van der Waals surface area contributed by atoms with E-state index in [1.807, 2.05) is 19.9 Å². The van der Waals surface area contributed by atoms with Gasteiger partial charge in [0.2, 0.25) is 0 Å². The second-order valence-electron chi connectivity index (χ2n) is 4.67. The average molecular weight is 273 g/mol. The Morgan fingerprint density at radius 2 is 2.25 bits per heavy atom. The molecular formula is C14H19N5O. The van der Waals surface area contributed by atoms with Crippen molar-refractivity contribution in [1.82, 2.24) is 20.1 Å². The fraction of sp³-hybridized carbons (Fsp3) is 0.357. The molecule has 0 radical (unpaired) electrons. The van der Waals surface area contributed by atoms with E-state index in [9.17, 15) is 4.79 Å². The fourth-order valence-electron chi connectivity index (χ4n) is 1.98. The molecule has 0 saturated heterocycles. The molecule has 2 aromatic rings. The van der Waals surface area contributed by atoms with Crippen LogP contribution in [0.4, 0.5) is 5.69 Å². The lowest BCUT2D eigenvalue weighted by atomic mass is 10.1. The smallest absolute Gasteiger partial charge is 0.257 e. The molecule has 20 heavy (non-hydrogen) atoms. The summed E-state index contributed by atoms with van der Waals surface area (Å²) in [5, 5.41) is 9.82. The molecule has 6 heteroatoms. The van der Waals surface area contributed by atoms with Crippen molar-refractivity contribution in [2.24, 2.45) is 0 Å². The van der Waals surface area contributed by atoms with Crippen molar-refractivity contribution < 1.29 is 4.79 Å². The first-order valence-electron chi connectivity index (χ1n) is 6.55. The van der Waals surface area contributed by atoms with Crippen LogP contribution in [-0.2, 0) is 6.54 Å². The maximum absolute atomic E-state index is 12.5. The maximum atomic E-state index is 12.5. The third kappa shape index (κ3) is 3.14. The molecule has 0 aromatic carbocycles. The van der Waals surface area contributed by atoms with Crippen molar-refractivity contribution in [3.8, 4) is 0 Å². The number of aromatic amines is 1. The molecule has 0 fully saturated rings. The van der Waals surface area contributed by atoms with E-state index in [0.717, 1.165) is 23.5 Å². The molecule has 0 aliphatic heterocycles. The van der Waals surface area contributed by atoms with Crippen LogP contribution in [0.15, 0.2) is 24.7 Å². The largest absolute Gasteiger partial charge is 0.385 e. The Hall–Kier alpha value is -2.37. The molecular weight excluding hydrogens is 254 g/mol. The summed E-state index contributed by atoms with van der Waals surface area (Å²) in [5.74, 6) is -0.0605. The standard InChI is InChI=1S/C14H19N5O/c1-4-15-13-5-10(2)16-8-12(13)14(20)19(3)9-11-6-17-18-7-11/h5-8H,4,9H2,1-3H3,(H,15,16)(H,17,18). The van der Waals surface area contributed by atoms with Gasteiger partial charge in [0, 0.05) is 43.8 Å². The molecule has 0 aliphatic carbocycles. The zero-order valence-electron chi connectivity index (χ0n) is 12.0. The highest BCUT2D eigenvalue weighted by molar-refractivity contribution is 5.99. The molecule has 2 aromatic heterocycles. The predicted molar refractivity (Wildman–Crippen MR) is 77.5 cm³/mol. The van der Waals surface area contributed by atoms with Crippen LogP contribution in [0.25, 0.3) is 0 Å². The van der Waals surface area contributed by atoms with E-state index in [-0.39, 0.29) is 5.91 Å². The Balaban J connectivity index is 2.19. The lowest BCUT2D eigenvalue weighted by Gasteiger charge is -2.18. The molecule has 6 nitrogen and oxygen atoms in total. The monoisotopic (exact) mass is 273 g/mol. The summed E-state index contributed by atoms with van der Waals surface area (Å²) in [6.45, 7) is 5.17. The summed E-state index contributed by atoms with van der Waals surface area (Å²) in [6.07, 6.45) is 5.12. The van der Waals surface area contributed by atoms with Crippen molar-refractivity contribution in [2.45, 2.75) is 20.4 Å². The van der Waals surface area contributed by atoms with Gasteiger partial charge in [0.25, 0.3) is 5.91 Å². The normalized spacial score (nSPS) is 10.3. The van der Waals surface area contributed by atoms with Gasteiger partial charge in [0.1, 0.15) is 0 Å². The average Bonchev–Trinajstić information content (AvgIpc) is 2.91. The summed E-state index contributed by atoms with van der Waals surface area (Å²) >= 11 is 0. The Kier molecular flexibility index (Phi) is 4.34. The fourth-order valence-corrected chi connectivity index (χ4v) is 1.98. The molecule has 0 spiro atoms. The predicted octanol–water partition coefficient (Wildman–Crippen LogP) is 1.82. The number of carbonyl (C=O) groups is 1. The van der Waals surface area contributed by atoms with Crippen LogP contribution in [0.1, 0.15) is 28.5 Å². The first kappa shape index (κ1) is 14.0. The molecule has 2 heterocycles. The summed E-state index contributed by atoms with van der Waals surface area (Å²) in [4.78, 5) is 18.4. The number of hydrogen-bond acceptors (Lipinski definition) is 4. The summed E-state index contributed by atoms with van der Waals surface area (Å²) in [6, 6.07) is 1.89. The zero-order valence-corrected chi connectivity index (χ0v) is 12.0. The number of nitrogens with one attached hydrogen (secondary N) is 2. The third-order valence-corrected chi connectivity index (χ3v) is 2.96. The van der Waals surface area contributed by atoms with Gasteiger partial charge in [-0.25, -0.2) is 0 Å². The van der Waals surface area contributed by atoms with E-state index < -0.39 is 0 Å². The van der Waals surface area contributed by atoms with Crippen LogP contribution in [0.2, 0.25) is 0 Å². The van der Waals surface area contributed by atoms with E-state index in [1.165, 1.54) is 0 Å². The molecule has 0 unspecified atom stereocenters. The number of nitrogens with zero attached hydrogens (tertiary/aromatic N) is 3. The number of aromatic nitrogens is 3.